The van der Waals surface area contributed by atoms with Crippen LogP contribution in [0.3, 0.4) is 0 Å². The molecule has 132 valence electrons. The second-order valence-corrected chi connectivity index (χ2v) is 5.04. The highest BCUT2D eigenvalue weighted by Crippen LogP contribution is 2.18. The third-order valence-corrected chi connectivity index (χ3v) is 3.22. The van der Waals surface area contributed by atoms with Crippen molar-refractivity contribution in [2.24, 2.45) is 5.92 Å². The minimum atomic E-state index is 0.416. The molecule has 0 amide bonds. The van der Waals surface area contributed by atoms with Crippen LogP contribution in [0.5, 0.6) is 0 Å². The molecule has 1 atom stereocenters. The van der Waals surface area contributed by atoms with Crippen molar-refractivity contribution < 1.29 is 4.74 Å². The van der Waals surface area contributed by atoms with Gasteiger partial charge in [-0.25, -0.2) is 0 Å². The second kappa shape index (κ2) is 20.2. The van der Waals surface area contributed by atoms with Gasteiger partial charge in [0.1, 0.15) is 5.76 Å². The zero-order chi connectivity index (χ0) is 18.7. The predicted octanol–water partition coefficient (Wildman–Crippen LogP) is 7.42. The number of hydrogen-bond acceptors (Lipinski definition) is 1. The minimum Gasteiger partial charge on any atom is -0.497 e. The maximum atomic E-state index is 4.79. The van der Waals surface area contributed by atoms with Crippen LogP contribution in [-0.4, -0.2) is 7.11 Å². The first kappa shape index (κ1) is 26.2. The summed E-state index contributed by atoms with van der Waals surface area (Å²) in [6.07, 6.45) is 14.1. The van der Waals surface area contributed by atoms with Crippen molar-refractivity contribution in [1.29, 1.82) is 0 Å². The zero-order valence-corrected chi connectivity index (χ0v) is 16.5. The second-order valence-electron chi connectivity index (χ2n) is 5.04. The van der Waals surface area contributed by atoms with Gasteiger partial charge in [-0.1, -0.05) is 83.2 Å². The lowest BCUT2D eigenvalue weighted by atomic mass is 9.94. The fourth-order valence-corrected chi connectivity index (χ4v) is 1.30. The van der Waals surface area contributed by atoms with Gasteiger partial charge in [0.25, 0.3) is 0 Å². The summed E-state index contributed by atoms with van der Waals surface area (Å²) in [4.78, 5) is 0. The predicted molar refractivity (Wildman–Crippen MR) is 109 cm³/mol. The van der Waals surface area contributed by atoms with Crippen molar-refractivity contribution in [2.45, 2.75) is 54.4 Å². The average molecular weight is 319 g/mol. The third kappa shape index (κ3) is 18.2. The van der Waals surface area contributed by atoms with E-state index in [4.69, 9.17) is 4.74 Å². The number of methoxy groups -OCH3 is 1. The molecule has 0 saturated carbocycles. The van der Waals surface area contributed by atoms with Gasteiger partial charge in [-0.15, -0.1) is 0 Å². The number of hydrogen-bond donors (Lipinski definition) is 0. The Kier molecular flexibility index (Phi) is 23.0. The maximum absolute atomic E-state index is 4.79. The van der Waals surface area contributed by atoms with E-state index in [1.807, 2.05) is 44.2 Å². The Hall–Kier alpha value is -1.76. The summed E-state index contributed by atoms with van der Waals surface area (Å²) in [5.74, 6) is 1.24. The van der Waals surface area contributed by atoms with Gasteiger partial charge in [-0.2, -0.15) is 0 Å². The molecular weight excluding hydrogens is 280 g/mol. The summed E-state index contributed by atoms with van der Waals surface area (Å²) in [6, 6.07) is 0. The smallest absolute Gasteiger partial charge is 0.114 e. The van der Waals surface area contributed by atoms with Gasteiger partial charge in [-0.05, 0) is 38.5 Å². The van der Waals surface area contributed by atoms with E-state index in [1.165, 1.54) is 18.4 Å². The molecular formula is C22H38O. The summed E-state index contributed by atoms with van der Waals surface area (Å²) in [7, 11) is 1.62. The van der Waals surface area contributed by atoms with Crippen LogP contribution in [0.2, 0.25) is 0 Å². The molecule has 1 heteroatoms. The van der Waals surface area contributed by atoms with E-state index in [-0.39, 0.29) is 0 Å². The average Bonchev–Trinajstić information content (AvgIpc) is 2.57. The molecule has 0 aliphatic rings. The fraction of sp³-hybridized carbons (Fsp3) is 0.455. The van der Waals surface area contributed by atoms with Crippen LogP contribution in [0.25, 0.3) is 0 Å². The fourth-order valence-electron chi connectivity index (χ4n) is 1.30. The molecule has 0 N–H and O–H groups in total. The first-order valence-corrected chi connectivity index (χ1v) is 8.33. The minimum absolute atomic E-state index is 0.416. The molecule has 1 unspecified atom stereocenters. The van der Waals surface area contributed by atoms with Crippen LogP contribution in [0.1, 0.15) is 54.4 Å². The van der Waals surface area contributed by atoms with Gasteiger partial charge in [-0.3, -0.25) is 0 Å². The van der Waals surface area contributed by atoms with Crippen LogP contribution in [0.15, 0.2) is 73.1 Å². The lowest BCUT2D eigenvalue weighted by Crippen LogP contribution is -1.97. The molecule has 0 aromatic heterocycles. The Morgan fingerprint density at radius 2 is 1.65 bits per heavy atom. The number of rotatable bonds is 7. The molecule has 0 bridgehead atoms. The molecule has 0 saturated heterocycles. The van der Waals surface area contributed by atoms with Gasteiger partial charge >= 0.3 is 0 Å². The first-order chi connectivity index (χ1) is 10.9. The van der Waals surface area contributed by atoms with Gasteiger partial charge in [0.15, 0.2) is 0 Å². The zero-order valence-electron chi connectivity index (χ0n) is 16.5. The summed E-state index contributed by atoms with van der Waals surface area (Å²) in [6.45, 7) is 23.7. The summed E-state index contributed by atoms with van der Waals surface area (Å²) < 4.78 is 4.79. The van der Waals surface area contributed by atoms with E-state index >= 15 is 0 Å². The Bertz CT molecular complexity index is 392. The van der Waals surface area contributed by atoms with Crippen molar-refractivity contribution >= 4 is 0 Å². The quantitative estimate of drug-likeness (QED) is 0.350. The molecule has 23 heavy (non-hydrogen) atoms. The molecule has 0 rings (SSSR count). The molecule has 0 fully saturated rings. The molecule has 0 aliphatic carbocycles. The Labute approximate surface area is 145 Å². The Morgan fingerprint density at radius 1 is 1.13 bits per heavy atom. The topological polar surface area (TPSA) is 9.23 Å². The molecule has 0 aromatic rings. The van der Waals surface area contributed by atoms with Crippen LogP contribution in [0, 0.1) is 5.92 Å². The Balaban J connectivity index is -0.000000307. The van der Waals surface area contributed by atoms with Crippen molar-refractivity contribution in [1.82, 2.24) is 0 Å². The van der Waals surface area contributed by atoms with E-state index in [0.717, 1.165) is 11.3 Å². The van der Waals surface area contributed by atoms with Gasteiger partial charge < -0.3 is 4.74 Å². The Morgan fingerprint density at radius 3 is 1.87 bits per heavy atom. The number of unbranched alkanes of at least 4 members (excludes halogenated alkanes) is 1. The highest BCUT2D eigenvalue weighted by Gasteiger charge is 2.04. The lowest BCUT2D eigenvalue weighted by Gasteiger charge is -2.11. The van der Waals surface area contributed by atoms with Crippen LogP contribution in [0.4, 0.5) is 0 Å². The van der Waals surface area contributed by atoms with Crippen LogP contribution < -0.4 is 0 Å². The van der Waals surface area contributed by atoms with E-state index in [9.17, 15) is 0 Å². The summed E-state index contributed by atoms with van der Waals surface area (Å²) in [5, 5.41) is 0. The van der Waals surface area contributed by atoms with Gasteiger partial charge in [0, 0.05) is 5.92 Å². The van der Waals surface area contributed by atoms with Crippen molar-refractivity contribution in [3.8, 4) is 0 Å². The first-order valence-electron chi connectivity index (χ1n) is 8.33. The van der Waals surface area contributed by atoms with Crippen molar-refractivity contribution in [3.63, 3.8) is 0 Å². The highest BCUT2D eigenvalue weighted by atomic mass is 16.5. The standard InChI is InChI=1S/C12H18.C6H10O.C4H10/c1-6-8-10(3)12(5)11(4)9-7-2;1-4-6(5-2)7-3;1-3-4-2/h6-9,12H,1,4H2,2-3,5H3;4-5H,1H2,2-3H3;3-4H2,1-2H3/b9-7-,10-8+;6-5+;. The molecule has 0 aliphatic heterocycles. The van der Waals surface area contributed by atoms with Crippen molar-refractivity contribution in [2.75, 3.05) is 7.11 Å². The van der Waals surface area contributed by atoms with Gasteiger partial charge in [0.2, 0.25) is 0 Å². The van der Waals surface area contributed by atoms with Crippen LogP contribution in [-0.2, 0) is 4.74 Å². The van der Waals surface area contributed by atoms with E-state index in [0.29, 0.717) is 5.92 Å². The van der Waals surface area contributed by atoms with Gasteiger partial charge in [0.05, 0.1) is 7.11 Å². The molecule has 0 heterocycles. The lowest BCUT2D eigenvalue weighted by molar-refractivity contribution is 0.306. The van der Waals surface area contributed by atoms with E-state index < -0.39 is 0 Å². The monoisotopic (exact) mass is 318 g/mol. The van der Waals surface area contributed by atoms with Crippen molar-refractivity contribution in [3.05, 3.63) is 73.1 Å². The molecule has 0 aromatic carbocycles. The summed E-state index contributed by atoms with van der Waals surface area (Å²) in [5.41, 5.74) is 2.45. The summed E-state index contributed by atoms with van der Waals surface area (Å²) >= 11 is 0. The molecule has 0 radical (unpaired) electrons. The number of ether oxygens (including phenoxy) is 1. The van der Waals surface area contributed by atoms with E-state index in [1.54, 1.807) is 13.2 Å². The van der Waals surface area contributed by atoms with E-state index in [2.05, 4.69) is 47.4 Å². The largest absolute Gasteiger partial charge is 0.497 e. The maximum Gasteiger partial charge on any atom is 0.114 e. The SMILES string of the molecule is C=C/C(=C\C)OC.C=C/C=C(\C)C(C)C(=C)/C=C\C.CCCC. The number of allylic oxidation sites excluding steroid dienone is 8. The van der Waals surface area contributed by atoms with Crippen LogP contribution >= 0.6 is 0 Å². The highest BCUT2D eigenvalue weighted by molar-refractivity contribution is 5.26. The molecule has 1 nitrogen and oxygen atoms in total. The normalized spacial score (nSPS) is 12.3. The molecule has 0 spiro atoms. The third-order valence-electron chi connectivity index (χ3n) is 3.22.